The molecule has 0 saturated heterocycles. The molecule has 6 nitrogen and oxygen atoms in total. The molecule has 4 N–H and O–H groups in total. The van der Waals surface area contributed by atoms with E-state index in [1.54, 1.807) is 31.4 Å². The predicted octanol–water partition coefficient (Wildman–Crippen LogP) is 2.74. The molecule has 0 bridgehead atoms. The number of hydrogen-bond donors (Lipinski definition) is 3. The van der Waals surface area contributed by atoms with E-state index in [0.29, 0.717) is 11.4 Å². The highest BCUT2D eigenvalue weighted by Gasteiger charge is 2.16. The van der Waals surface area contributed by atoms with Gasteiger partial charge in [0.2, 0.25) is 0 Å². The number of anilines is 2. The molecule has 0 atom stereocenters. The molecule has 1 heterocycles. The number of methoxy groups -OCH3 is 1. The van der Waals surface area contributed by atoms with Crippen LogP contribution in [0.3, 0.4) is 0 Å². The molecule has 0 aliphatic heterocycles. The minimum atomic E-state index is -0.524. The highest BCUT2D eigenvalue weighted by atomic mass is 35.5. The van der Waals surface area contributed by atoms with Crippen LogP contribution in [-0.2, 0) is 0 Å². The summed E-state index contributed by atoms with van der Waals surface area (Å²) in [4.78, 5) is 15.9. The quantitative estimate of drug-likeness (QED) is 0.593. The normalized spacial score (nSPS) is 10.0. The fourth-order valence-corrected chi connectivity index (χ4v) is 2.16. The molecular formula is C13H12Cl2N4O2. The zero-order chi connectivity index (χ0) is 15.4. The van der Waals surface area contributed by atoms with Gasteiger partial charge in [-0.15, -0.1) is 0 Å². The predicted molar refractivity (Wildman–Crippen MR) is 82.8 cm³/mol. The van der Waals surface area contributed by atoms with Gasteiger partial charge >= 0.3 is 0 Å². The first-order valence-electron chi connectivity index (χ1n) is 5.83. The average Bonchev–Trinajstić information content (AvgIpc) is 2.44. The Morgan fingerprint density at radius 2 is 2.10 bits per heavy atom. The molecule has 1 amide bonds. The van der Waals surface area contributed by atoms with Crippen LogP contribution in [0.2, 0.25) is 10.2 Å². The van der Waals surface area contributed by atoms with Crippen LogP contribution in [0.4, 0.5) is 11.5 Å². The largest absolute Gasteiger partial charge is 0.497 e. The summed E-state index contributed by atoms with van der Waals surface area (Å²) in [6, 6.07) is 8.38. The van der Waals surface area contributed by atoms with Crippen LogP contribution in [0.1, 0.15) is 10.4 Å². The van der Waals surface area contributed by atoms with Crippen molar-refractivity contribution >= 4 is 40.6 Å². The maximum atomic E-state index is 12.1. The number of ether oxygens (including phenoxy) is 1. The molecule has 0 radical (unpaired) electrons. The minimum absolute atomic E-state index is 0.0440. The number of carbonyl (C=O) groups excluding carboxylic acids is 1. The maximum absolute atomic E-state index is 12.1. The second kappa shape index (κ2) is 6.51. The number of nitrogens with two attached hydrogens (primary N) is 1. The van der Waals surface area contributed by atoms with Gasteiger partial charge in [0.05, 0.1) is 17.8 Å². The van der Waals surface area contributed by atoms with Crippen LogP contribution < -0.4 is 21.3 Å². The van der Waals surface area contributed by atoms with Crippen LogP contribution in [0.15, 0.2) is 30.3 Å². The number of rotatable bonds is 4. The number of pyridine rings is 1. The molecule has 0 spiro atoms. The Kier molecular flexibility index (Phi) is 4.72. The summed E-state index contributed by atoms with van der Waals surface area (Å²) < 4.78 is 5.08. The van der Waals surface area contributed by atoms with E-state index in [1.165, 1.54) is 6.07 Å². The number of nitrogens with zero attached hydrogens (tertiary/aromatic N) is 1. The van der Waals surface area contributed by atoms with Crippen molar-refractivity contribution in [2.75, 3.05) is 18.3 Å². The third kappa shape index (κ3) is 3.68. The van der Waals surface area contributed by atoms with Crippen molar-refractivity contribution in [1.29, 1.82) is 0 Å². The van der Waals surface area contributed by atoms with Gasteiger partial charge in [-0.2, -0.15) is 0 Å². The molecule has 0 unspecified atom stereocenters. The van der Waals surface area contributed by atoms with Crippen LogP contribution in [0.25, 0.3) is 0 Å². The Hall–Kier alpha value is -2.18. The van der Waals surface area contributed by atoms with E-state index >= 15 is 0 Å². The second-order valence-electron chi connectivity index (χ2n) is 4.00. The van der Waals surface area contributed by atoms with Crippen LogP contribution in [0, 0.1) is 0 Å². The van der Waals surface area contributed by atoms with E-state index in [0.717, 1.165) is 0 Å². The van der Waals surface area contributed by atoms with Crippen molar-refractivity contribution in [2.24, 2.45) is 0 Å². The van der Waals surface area contributed by atoms with Crippen molar-refractivity contribution in [3.63, 3.8) is 0 Å². The third-order valence-corrected chi connectivity index (χ3v) is 3.08. The van der Waals surface area contributed by atoms with Crippen molar-refractivity contribution in [1.82, 2.24) is 10.4 Å². The Morgan fingerprint density at radius 1 is 1.33 bits per heavy atom. The average molecular weight is 327 g/mol. The molecule has 8 heteroatoms. The number of hydrazine groups is 1. The van der Waals surface area contributed by atoms with E-state index in [9.17, 15) is 4.79 Å². The lowest BCUT2D eigenvalue weighted by molar-refractivity contribution is 0.0963. The fourth-order valence-electron chi connectivity index (χ4n) is 1.62. The highest BCUT2D eigenvalue weighted by Crippen LogP contribution is 2.24. The summed E-state index contributed by atoms with van der Waals surface area (Å²) >= 11 is 11.6. The number of carbonyl (C=O) groups is 1. The van der Waals surface area contributed by atoms with Crippen LogP contribution in [0.5, 0.6) is 5.75 Å². The molecule has 0 aliphatic carbocycles. The van der Waals surface area contributed by atoms with Gasteiger partial charge in [-0.05, 0) is 18.2 Å². The lowest BCUT2D eigenvalue weighted by Crippen LogP contribution is -2.30. The van der Waals surface area contributed by atoms with Crippen LogP contribution in [-0.4, -0.2) is 18.0 Å². The molecule has 1 aromatic heterocycles. The Bertz CT molecular complexity index is 656. The molecule has 2 aromatic rings. The van der Waals surface area contributed by atoms with E-state index < -0.39 is 5.91 Å². The van der Waals surface area contributed by atoms with Crippen molar-refractivity contribution in [3.05, 3.63) is 46.1 Å². The monoisotopic (exact) mass is 326 g/mol. The Morgan fingerprint density at radius 3 is 2.76 bits per heavy atom. The first-order valence-corrected chi connectivity index (χ1v) is 6.58. The third-order valence-electron chi connectivity index (χ3n) is 2.59. The summed E-state index contributed by atoms with van der Waals surface area (Å²) in [6.45, 7) is 0. The topological polar surface area (TPSA) is 89.3 Å². The number of nitrogen functional groups attached to an aromatic ring is 1. The molecule has 0 saturated carbocycles. The van der Waals surface area contributed by atoms with E-state index in [4.69, 9.17) is 33.7 Å². The van der Waals surface area contributed by atoms with Gasteiger partial charge in [0, 0.05) is 6.07 Å². The molecule has 2 rings (SSSR count). The van der Waals surface area contributed by atoms with Gasteiger partial charge in [-0.25, -0.2) is 4.98 Å². The number of benzene rings is 1. The lowest BCUT2D eigenvalue weighted by Gasteiger charge is -2.11. The molecule has 0 aliphatic rings. The molecule has 110 valence electrons. The van der Waals surface area contributed by atoms with E-state index in [1.807, 2.05) is 0 Å². The summed E-state index contributed by atoms with van der Waals surface area (Å²) in [5.74, 6) is 0.0851. The first kappa shape index (κ1) is 15.2. The zero-order valence-electron chi connectivity index (χ0n) is 11.0. The standard InChI is InChI=1S/C13H12Cl2N4O2/c1-21-8-4-2-3-7(5-8)18-19-13(20)11-9(14)6-10(15)17-12(11)16/h2-6,18H,1H3,(H2,16,17)(H,19,20). The summed E-state index contributed by atoms with van der Waals surface area (Å²) in [5.41, 5.74) is 11.5. The van der Waals surface area contributed by atoms with Gasteiger partial charge in [0.15, 0.2) is 0 Å². The van der Waals surface area contributed by atoms with E-state index in [-0.39, 0.29) is 21.6 Å². The molecular weight excluding hydrogens is 315 g/mol. The zero-order valence-corrected chi connectivity index (χ0v) is 12.5. The Balaban J connectivity index is 2.12. The van der Waals surface area contributed by atoms with Crippen molar-refractivity contribution < 1.29 is 9.53 Å². The second-order valence-corrected chi connectivity index (χ2v) is 4.79. The summed E-state index contributed by atoms with van der Waals surface area (Å²) in [5, 5.41) is 0.243. The first-order chi connectivity index (χ1) is 10.0. The molecule has 21 heavy (non-hydrogen) atoms. The number of amides is 1. The lowest BCUT2D eigenvalue weighted by atomic mass is 10.2. The van der Waals surface area contributed by atoms with E-state index in [2.05, 4.69) is 15.8 Å². The number of hydrogen-bond acceptors (Lipinski definition) is 5. The SMILES string of the molecule is COc1cccc(NNC(=O)c2c(Cl)cc(Cl)nc2N)c1. The minimum Gasteiger partial charge on any atom is -0.497 e. The van der Waals surface area contributed by atoms with Gasteiger partial charge in [-0.1, -0.05) is 29.3 Å². The smallest absolute Gasteiger partial charge is 0.274 e. The fraction of sp³-hybridized carbons (Fsp3) is 0.0769. The number of nitrogens with one attached hydrogen (secondary N) is 2. The van der Waals surface area contributed by atoms with Gasteiger partial charge in [0.25, 0.3) is 5.91 Å². The highest BCUT2D eigenvalue weighted by molar-refractivity contribution is 6.36. The maximum Gasteiger partial charge on any atom is 0.274 e. The Labute approximate surface area is 131 Å². The summed E-state index contributed by atoms with van der Waals surface area (Å²) in [7, 11) is 1.55. The molecule has 1 aromatic carbocycles. The van der Waals surface area contributed by atoms with Gasteiger partial charge in [-0.3, -0.25) is 15.6 Å². The van der Waals surface area contributed by atoms with Gasteiger partial charge < -0.3 is 10.5 Å². The van der Waals surface area contributed by atoms with Crippen molar-refractivity contribution in [3.8, 4) is 5.75 Å². The summed E-state index contributed by atoms with van der Waals surface area (Å²) in [6.07, 6.45) is 0. The van der Waals surface area contributed by atoms with Gasteiger partial charge in [0.1, 0.15) is 22.3 Å². The van der Waals surface area contributed by atoms with Crippen molar-refractivity contribution in [2.45, 2.75) is 0 Å². The molecule has 0 fully saturated rings. The number of aromatic nitrogens is 1. The number of halogens is 2. The van der Waals surface area contributed by atoms with Crippen LogP contribution >= 0.6 is 23.2 Å².